The van der Waals surface area contributed by atoms with Crippen molar-refractivity contribution in [2.75, 3.05) is 32.0 Å². The Balaban J connectivity index is 0.00000336. The molecule has 202 valence electrons. The molecule has 38 heavy (non-hydrogen) atoms. The van der Waals surface area contributed by atoms with Gasteiger partial charge in [0.2, 0.25) is 0 Å². The molecule has 0 spiro atoms. The van der Waals surface area contributed by atoms with Gasteiger partial charge in [-0.15, -0.1) is 23.7 Å². The molecule has 0 radical (unpaired) electrons. The molecule has 3 aromatic carbocycles. The molecule has 9 heteroatoms. The fourth-order valence-corrected chi connectivity index (χ4v) is 6.58. The molecule has 5 rings (SSSR count). The zero-order chi connectivity index (χ0) is 25.8. The lowest BCUT2D eigenvalue weighted by Crippen LogP contribution is -2.33. The molecule has 1 fully saturated rings. The summed E-state index contributed by atoms with van der Waals surface area (Å²) in [6.45, 7) is 5.54. The number of hydrogen-bond donors (Lipinski definition) is 1. The van der Waals surface area contributed by atoms with Crippen LogP contribution in [0.1, 0.15) is 26.2 Å². The van der Waals surface area contributed by atoms with Crippen LogP contribution in [0.5, 0.6) is 23.0 Å². The summed E-state index contributed by atoms with van der Waals surface area (Å²) in [5.41, 5.74) is 0.850. The first-order chi connectivity index (χ1) is 17.9. The van der Waals surface area contributed by atoms with Crippen molar-refractivity contribution in [3.8, 4) is 33.4 Å². The molecule has 0 unspecified atom stereocenters. The maximum absolute atomic E-state index is 12.2. The molecule has 6 nitrogen and oxygen atoms in total. The SMILES string of the molecule is CCS(=O)(=O)c1ccc(-c2sc3cc(O)ccc3c2Oc2ccc(OCCN3CCCCC3)cc2)cc1.Cl. The Morgan fingerprint density at radius 3 is 2.29 bits per heavy atom. The molecular weight excluding hydrogens is 542 g/mol. The molecule has 1 aromatic heterocycles. The van der Waals surface area contributed by atoms with E-state index in [0.717, 1.165) is 45.9 Å². The molecule has 1 aliphatic heterocycles. The minimum absolute atomic E-state index is 0. The molecule has 1 N–H and O–H groups in total. The van der Waals surface area contributed by atoms with Crippen LogP contribution in [0.15, 0.2) is 71.6 Å². The molecule has 0 atom stereocenters. The fraction of sp³-hybridized carbons (Fsp3) is 0.310. The van der Waals surface area contributed by atoms with Gasteiger partial charge in [-0.2, -0.15) is 0 Å². The Labute approximate surface area is 234 Å². The van der Waals surface area contributed by atoms with Crippen LogP contribution < -0.4 is 9.47 Å². The van der Waals surface area contributed by atoms with E-state index in [1.165, 1.54) is 30.6 Å². The molecule has 0 saturated carbocycles. The van der Waals surface area contributed by atoms with Crippen LogP contribution in [0.2, 0.25) is 0 Å². The molecule has 1 aliphatic rings. The van der Waals surface area contributed by atoms with Crippen molar-refractivity contribution in [1.29, 1.82) is 0 Å². The van der Waals surface area contributed by atoms with Crippen molar-refractivity contribution in [3.05, 3.63) is 66.7 Å². The van der Waals surface area contributed by atoms with E-state index in [1.54, 1.807) is 43.3 Å². The lowest BCUT2D eigenvalue weighted by Gasteiger charge is -2.26. The zero-order valence-corrected chi connectivity index (χ0v) is 23.7. The highest BCUT2D eigenvalue weighted by Crippen LogP contribution is 2.47. The molecule has 1 saturated heterocycles. The van der Waals surface area contributed by atoms with Crippen LogP contribution in [0.4, 0.5) is 0 Å². The second kappa shape index (κ2) is 12.4. The van der Waals surface area contributed by atoms with Gasteiger partial charge in [-0.1, -0.05) is 25.5 Å². The van der Waals surface area contributed by atoms with Crippen molar-refractivity contribution in [2.45, 2.75) is 31.1 Å². The van der Waals surface area contributed by atoms with Crippen molar-refractivity contribution in [2.24, 2.45) is 0 Å². The number of sulfone groups is 1. The van der Waals surface area contributed by atoms with E-state index in [1.807, 2.05) is 30.3 Å². The maximum Gasteiger partial charge on any atom is 0.178 e. The van der Waals surface area contributed by atoms with Crippen LogP contribution in [0, 0.1) is 0 Å². The number of phenolic OH excluding ortho intramolecular Hbond substituents is 1. The van der Waals surface area contributed by atoms with Gasteiger partial charge in [0.1, 0.15) is 23.9 Å². The highest BCUT2D eigenvalue weighted by atomic mass is 35.5. The Bertz CT molecular complexity index is 1460. The number of piperidine rings is 1. The minimum Gasteiger partial charge on any atom is -0.508 e. The molecule has 0 amide bonds. The van der Waals surface area contributed by atoms with Crippen molar-refractivity contribution in [3.63, 3.8) is 0 Å². The number of rotatable bonds is 9. The summed E-state index contributed by atoms with van der Waals surface area (Å²) in [6, 6.07) is 19.7. The number of benzene rings is 3. The van der Waals surface area contributed by atoms with E-state index < -0.39 is 9.84 Å². The molecule has 0 aliphatic carbocycles. The third-order valence-corrected chi connectivity index (χ3v) is 9.59. The van der Waals surface area contributed by atoms with Crippen LogP contribution in [0.3, 0.4) is 0 Å². The van der Waals surface area contributed by atoms with Crippen molar-refractivity contribution < 1.29 is 23.0 Å². The highest BCUT2D eigenvalue weighted by Gasteiger charge is 2.18. The first-order valence-electron chi connectivity index (χ1n) is 12.6. The highest BCUT2D eigenvalue weighted by molar-refractivity contribution is 7.91. The van der Waals surface area contributed by atoms with Crippen molar-refractivity contribution in [1.82, 2.24) is 4.90 Å². The Kier molecular flexibility index (Phi) is 9.20. The quantitative estimate of drug-likeness (QED) is 0.229. The summed E-state index contributed by atoms with van der Waals surface area (Å²) in [6.07, 6.45) is 3.87. The normalized spacial score (nSPS) is 14.2. The smallest absolute Gasteiger partial charge is 0.178 e. The largest absolute Gasteiger partial charge is 0.508 e. The Morgan fingerprint density at radius 1 is 0.921 bits per heavy atom. The number of likely N-dealkylation sites (tertiary alicyclic amines) is 1. The fourth-order valence-electron chi connectivity index (χ4n) is 4.53. The predicted molar refractivity (Wildman–Crippen MR) is 156 cm³/mol. The topological polar surface area (TPSA) is 76.1 Å². The number of fused-ring (bicyclic) bond motifs is 1. The van der Waals surface area contributed by atoms with E-state index in [0.29, 0.717) is 23.0 Å². The molecule has 2 heterocycles. The molecule has 0 bridgehead atoms. The lowest BCUT2D eigenvalue weighted by atomic mass is 10.1. The number of halogens is 1. The van der Waals surface area contributed by atoms with Crippen molar-refractivity contribution >= 4 is 43.7 Å². The Hall–Kier alpha value is -2.78. The number of thiophene rings is 1. The van der Waals surface area contributed by atoms with E-state index in [4.69, 9.17) is 9.47 Å². The molecular formula is C29H32ClNO5S2. The average Bonchev–Trinajstić information content (AvgIpc) is 3.27. The molecule has 4 aromatic rings. The zero-order valence-electron chi connectivity index (χ0n) is 21.3. The third kappa shape index (κ3) is 6.43. The monoisotopic (exact) mass is 573 g/mol. The van der Waals surface area contributed by atoms with Gasteiger partial charge in [-0.3, -0.25) is 4.90 Å². The average molecular weight is 574 g/mol. The minimum atomic E-state index is -3.28. The van der Waals surface area contributed by atoms with Gasteiger partial charge in [0.15, 0.2) is 15.6 Å². The first kappa shape index (κ1) is 28.2. The number of aromatic hydroxyl groups is 1. The summed E-state index contributed by atoms with van der Waals surface area (Å²) in [5.74, 6) is 2.38. The predicted octanol–water partition coefficient (Wildman–Crippen LogP) is 7.15. The van der Waals surface area contributed by atoms with E-state index in [-0.39, 0.29) is 23.9 Å². The van der Waals surface area contributed by atoms with E-state index in [9.17, 15) is 13.5 Å². The summed E-state index contributed by atoms with van der Waals surface area (Å²) >= 11 is 1.49. The first-order valence-corrected chi connectivity index (χ1v) is 15.1. The number of phenols is 1. The van der Waals surface area contributed by atoms with Gasteiger partial charge < -0.3 is 14.6 Å². The van der Waals surface area contributed by atoms with Gasteiger partial charge in [-0.05, 0) is 86.1 Å². The third-order valence-electron chi connectivity index (χ3n) is 6.65. The number of hydrogen-bond acceptors (Lipinski definition) is 7. The lowest BCUT2D eigenvalue weighted by molar-refractivity contribution is 0.183. The van der Waals surface area contributed by atoms with Gasteiger partial charge >= 0.3 is 0 Å². The van der Waals surface area contributed by atoms with E-state index in [2.05, 4.69) is 4.90 Å². The van der Waals surface area contributed by atoms with Gasteiger partial charge in [0.05, 0.1) is 15.5 Å². The van der Waals surface area contributed by atoms with Crippen LogP contribution >= 0.6 is 23.7 Å². The number of ether oxygens (including phenoxy) is 2. The van der Waals surface area contributed by atoms with Gasteiger partial charge in [0.25, 0.3) is 0 Å². The van der Waals surface area contributed by atoms with Crippen LogP contribution in [0.25, 0.3) is 20.5 Å². The van der Waals surface area contributed by atoms with E-state index >= 15 is 0 Å². The van der Waals surface area contributed by atoms with Crippen LogP contribution in [-0.2, 0) is 9.84 Å². The number of nitrogens with zero attached hydrogens (tertiary/aromatic N) is 1. The van der Waals surface area contributed by atoms with Gasteiger partial charge in [0, 0.05) is 16.6 Å². The van der Waals surface area contributed by atoms with Gasteiger partial charge in [-0.25, -0.2) is 8.42 Å². The Morgan fingerprint density at radius 2 is 1.61 bits per heavy atom. The summed E-state index contributed by atoms with van der Waals surface area (Å²) in [4.78, 5) is 3.62. The van der Waals surface area contributed by atoms with Crippen LogP contribution in [-0.4, -0.2) is 50.4 Å². The summed E-state index contributed by atoms with van der Waals surface area (Å²) in [7, 11) is -3.28. The summed E-state index contributed by atoms with van der Waals surface area (Å²) < 4.78 is 37.7. The maximum atomic E-state index is 12.2. The summed E-state index contributed by atoms with van der Waals surface area (Å²) in [5, 5.41) is 10.9. The second-order valence-electron chi connectivity index (χ2n) is 9.19. The second-order valence-corrected chi connectivity index (χ2v) is 12.5. The standard InChI is InChI=1S/C29H31NO5S2.ClH/c1-2-37(32,33)25-13-6-21(7-14-25)29-28(26-15-8-22(31)20-27(26)36-29)35-24-11-9-23(10-12-24)34-19-18-30-16-4-3-5-17-30;/h6-15,20,31H,2-5,16-19H2,1H3;1H.